The number of rotatable bonds is 3. The van der Waals surface area contributed by atoms with E-state index in [1.54, 1.807) is 0 Å². The van der Waals surface area contributed by atoms with Gasteiger partial charge in [0, 0.05) is 37.6 Å². The number of nitrogens with two attached hydrogens (primary N) is 1. The molecule has 2 aromatic rings. The molecule has 0 heterocycles. The summed E-state index contributed by atoms with van der Waals surface area (Å²) in [5.74, 6) is 0. The van der Waals surface area contributed by atoms with Crippen molar-refractivity contribution in [2.75, 3.05) is 42.8 Å². The van der Waals surface area contributed by atoms with E-state index in [0.29, 0.717) is 10.7 Å². The lowest BCUT2D eigenvalue weighted by molar-refractivity contribution is 1.46. The van der Waals surface area contributed by atoms with E-state index in [4.69, 9.17) is 17.3 Å². The smallest absolute Gasteiger partial charge is 0.0829 e. The molecule has 5 heteroatoms. The van der Waals surface area contributed by atoms with E-state index < -0.39 is 0 Å². The van der Waals surface area contributed by atoms with E-state index in [0.717, 1.165) is 27.8 Å². The summed E-state index contributed by atoms with van der Waals surface area (Å²) >= 11 is 6.48. The molecular weight excluding hydrogens is 248 g/mol. The number of hydrogen-bond donors (Lipinski definition) is 4. The molecule has 0 spiro atoms. The quantitative estimate of drug-likeness (QED) is 0.643. The molecule has 0 bridgehead atoms. The van der Waals surface area contributed by atoms with Gasteiger partial charge >= 0.3 is 0 Å². The van der Waals surface area contributed by atoms with Crippen LogP contribution in [-0.4, -0.2) is 21.1 Å². The molecule has 0 saturated carbocycles. The molecule has 4 nitrogen and oxygen atoms in total. The minimum absolute atomic E-state index is 0.663. The lowest BCUT2D eigenvalue weighted by Crippen LogP contribution is -2.04. The Kier molecular flexibility index (Phi) is 3.39. The molecule has 5 N–H and O–H groups in total. The molecule has 0 fully saturated rings. The van der Waals surface area contributed by atoms with Gasteiger partial charge in [-0.3, -0.25) is 0 Å². The summed E-state index contributed by atoms with van der Waals surface area (Å²) in [7, 11) is 5.53. The second-order valence-electron chi connectivity index (χ2n) is 3.96. The van der Waals surface area contributed by atoms with Gasteiger partial charge in [0.15, 0.2) is 0 Å². The molecule has 2 aromatic carbocycles. The number of halogens is 1. The van der Waals surface area contributed by atoms with Crippen LogP contribution in [0.5, 0.6) is 0 Å². The highest BCUT2D eigenvalue weighted by Gasteiger charge is 2.16. The molecule has 0 aliphatic carbocycles. The van der Waals surface area contributed by atoms with E-state index in [1.165, 1.54) is 0 Å². The fourth-order valence-corrected chi connectivity index (χ4v) is 2.61. The van der Waals surface area contributed by atoms with Gasteiger partial charge in [-0.25, -0.2) is 0 Å². The summed E-state index contributed by atoms with van der Waals surface area (Å²) in [5.41, 5.74) is 9.50. The maximum absolute atomic E-state index is 6.48. The van der Waals surface area contributed by atoms with E-state index in [9.17, 15) is 0 Å². The normalized spacial score (nSPS) is 10.4. The standard InChI is InChI=1S/C13H17ClN4/c1-16-8-6-4-5-7-9(8)10(14)12(17-2)13(18-3)11(7)15/h4-6,16-18H,15H2,1-3H3. The highest BCUT2D eigenvalue weighted by molar-refractivity contribution is 6.41. The van der Waals surface area contributed by atoms with Crippen molar-refractivity contribution in [3.05, 3.63) is 23.2 Å². The topological polar surface area (TPSA) is 62.1 Å². The zero-order valence-electron chi connectivity index (χ0n) is 10.7. The zero-order valence-corrected chi connectivity index (χ0v) is 11.4. The van der Waals surface area contributed by atoms with Crippen LogP contribution in [-0.2, 0) is 0 Å². The Morgan fingerprint density at radius 1 is 1.00 bits per heavy atom. The molecule has 0 aliphatic rings. The molecule has 0 unspecified atom stereocenters. The van der Waals surface area contributed by atoms with E-state index in [1.807, 2.05) is 39.3 Å². The maximum atomic E-state index is 6.48. The molecule has 0 amide bonds. The van der Waals surface area contributed by atoms with Crippen LogP contribution >= 0.6 is 11.6 Å². The first-order valence-corrected chi connectivity index (χ1v) is 6.10. The SMILES string of the molecule is CNc1c(NC)c(Cl)c2c(NC)cccc2c1N. The number of nitrogen functional groups attached to an aromatic ring is 1. The first-order valence-electron chi connectivity index (χ1n) is 5.72. The third-order valence-corrected chi connectivity index (χ3v) is 3.46. The van der Waals surface area contributed by atoms with Gasteiger partial charge in [-0.05, 0) is 6.07 Å². The highest BCUT2D eigenvalue weighted by Crippen LogP contribution is 2.45. The minimum atomic E-state index is 0.663. The third kappa shape index (κ3) is 1.69. The van der Waals surface area contributed by atoms with E-state index >= 15 is 0 Å². The highest BCUT2D eigenvalue weighted by atomic mass is 35.5. The summed E-state index contributed by atoms with van der Waals surface area (Å²) in [6.45, 7) is 0. The summed E-state index contributed by atoms with van der Waals surface area (Å²) < 4.78 is 0. The molecule has 2 rings (SSSR count). The van der Waals surface area contributed by atoms with Gasteiger partial charge in [-0.1, -0.05) is 23.7 Å². The summed E-state index contributed by atoms with van der Waals surface area (Å²) in [6.07, 6.45) is 0. The average molecular weight is 265 g/mol. The predicted molar refractivity (Wildman–Crippen MR) is 82.0 cm³/mol. The van der Waals surface area contributed by atoms with Gasteiger partial charge in [-0.15, -0.1) is 0 Å². The van der Waals surface area contributed by atoms with Crippen molar-refractivity contribution >= 4 is 45.1 Å². The van der Waals surface area contributed by atoms with Gasteiger partial charge in [-0.2, -0.15) is 0 Å². The minimum Gasteiger partial charge on any atom is -0.396 e. The Morgan fingerprint density at radius 3 is 2.22 bits per heavy atom. The van der Waals surface area contributed by atoms with Crippen molar-refractivity contribution < 1.29 is 0 Å². The van der Waals surface area contributed by atoms with Gasteiger partial charge in [0.05, 0.1) is 22.1 Å². The second-order valence-corrected chi connectivity index (χ2v) is 4.33. The fraction of sp³-hybridized carbons (Fsp3) is 0.231. The average Bonchev–Trinajstić information content (AvgIpc) is 2.41. The number of hydrogen-bond acceptors (Lipinski definition) is 4. The lowest BCUT2D eigenvalue weighted by atomic mass is 10.0. The van der Waals surface area contributed by atoms with E-state index in [-0.39, 0.29) is 0 Å². The molecule has 0 radical (unpaired) electrons. The molecule has 0 aliphatic heterocycles. The number of fused-ring (bicyclic) bond motifs is 1. The monoisotopic (exact) mass is 264 g/mol. The molecule has 18 heavy (non-hydrogen) atoms. The maximum Gasteiger partial charge on any atom is 0.0829 e. The Balaban J connectivity index is 2.97. The number of nitrogens with one attached hydrogen (secondary N) is 3. The van der Waals surface area contributed by atoms with Crippen LogP contribution in [0.2, 0.25) is 5.02 Å². The first kappa shape index (κ1) is 12.6. The van der Waals surface area contributed by atoms with Crippen LogP contribution in [0.4, 0.5) is 22.7 Å². The van der Waals surface area contributed by atoms with Gasteiger partial charge in [0.1, 0.15) is 0 Å². The van der Waals surface area contributed by atoms with Crippen LogP contribution in [0, 0.1) is 0 Å². The Bertz CT molecular complexity index is 595. The summed E-state index contributed by atoms with van der Waals surface area (Å²) in [6, 6.07) is 5.91. The summed E-state index contributed by atoms with van der Waals surface area (Å²) in [4.78, 5) is 0. The molecular formula is C13H17ClN4. The van der Waals surface area contributed by atoms with Gasteiger partial charge in [0.2, 0.25) is 0 Å². The molecule has 0 saturated heterocycles. The molecule has 96 valence electrons. The third-order valence-electron chi connectivity index (χ3n) is 3.08. The van der Waals surface area contributed by atoms with Crippen LogP contribution in [0.15, 0.2) is 18.2 Å². The van der Waals surface area contributed by atoms with Crippen molar-refractivity contribution in [1.82, 2.24) is 0 Å². The van der Waals surface area contributed by atoms with Crippen molar-refractivity contribution in [2.45, 2.75) is 0 Å². The molecule has 0 aromatic heterocycles. The summed E-state index contributed by atoms with van der Waals surface area (Å²) in [5, 5.41) is 11.9. The van der Waals surface area contributed by atoms with E-state index in [2.05, 4.69) is 16.0 Å². The Labute approximate surface area is 112 Å². The first-order chi connectivity index (χ1) is 8.65. The van der Waals surface area contributed by atoms with Crippen molar-refractivity contribution in [3.8, 4) is 0 Å². The van der Waals surface area contributed by atoms with Crippen LogP contribution in [0.25, 0.3) is 10.8 Å². The lowest BCUT2D eigenvalue weighted by Gasteiger charge is -2.18. The Hall–Kier alpha value is -1.81. The second kappa shape index (κ2) is 4.82. The van der Waals surface area contributed by atoms with Crippen LogP contribution < -0.4 is 21.7 Å². The fourth-order valence-electron chi connectivity index (χ4n) is 2.22. The Morgan fingerprint density at radius 2 is 1.67 bits per heavy atom. The largest absolute Gasteiger partial charge is 0.396 e. The van der Waals surface area contributed by atoms with Crippen molar-refractivity contribution in [2.24, 2.45) is 0 Å². The van der Waals surface area contributed by atoms with Gasteiger partial charge < -0.3 is 21.7 Å². The predicted octanol–water partition coefficient (Wildman–Crippen LogP) is 3.20. The zero-order chi connectivity index (χ0) is 13.3. The van der Waals surface area contributed by atoms with Crippen LogP contribution in [0.1, 0.15) is 0 Å². The van der Waals surface area contributed by atoms with Crippen molar-refractivity contribution in [1.29, 1.82) is 0 Å². The van der Waals surface area contributed by atoms with Crippen LogP contribution in [0.3, 0.4) is 0 Å². The molecule has 0 atom stereocenters. The number of benzene rings is 2. The van der Waals surface area contributed by atoms with Gasteiger partial charge in [0.25, 0.3) is 0 Å². The number of anilines is 4. The van der Waals surface area contributed by atoms with Crippen molar-refractivity contribution in [3.63, 3.8) is 0 Å².